The Kier molecular flexibility index (Phi) is 5.84. The van der Waals surface area contributed by atoms with Gasteiger partial charge in [0.2, 0.25) is 5.91 Å². The molecule has 1 unspecified atom stereocenters. The molecule has 2 aromatic carbocycles. The van der Waals surface area contributed by atoms with Gasteiger partial charge in [-0.1, -0.05) is 48.0 Å². The summed E-state index contributed by atoms with van der Waals surface area (Å²) in [5.41, 5.74) is 4.31. The van der Waals surface area contributed by atoms with Crippen molar-refractivity contribution in [3.05, 3.63) is 71.3 Å². The second kappa shape index (κ2) is 8.47. The second-order valence-corrected chi connectivity index (χ2v) is 6.61. The molecule has 0 saturated carbocycles. The first kappa shape index (κ1) is 19.3. The molecular weight excluding hydrogens is 360 g/mol. The molecule has 3 rings (SSSR count). The number of Topliss-reactive ketones (excluding diaryl/α,β-unsaturated/α-hetero) is 1. The van der Waals surface area contributed by atoms with E-state index < -0.39 is 17.8 Å². The van der Waals surface area contributed by atoms with Gasteiger partial charge in [0.1, 0.15) is 0 Å². The van der Waals surface area contributed by atoms with Gasteiger partial charge in [0.15, 0.2) is 12.4 Å². The summed E-state index contributed by atoms with van der Waals surface area (Å²) >= 11 is 0. The van der Waals surface area contributed by atoms with Gasteiger partial charge in [-0.3, -0.25) is 29.6 Å². The highest BCUT2D eigenvalue weighted by atomic mass is 16.5. The SMILES string of the molecule is Cc1cccc(C(=O)NN2CC(C(=O)OCC(=O)c3ccccc3)CC2=O)c1. The van der Waals surface area contributed by atoms with Crippen molar-refractivity contribution in [2.45, 2.75) is 13.3 Å². The van der Waals surface area contributed by atoms with E-state index in [-0.39, 0.29) is 31.3 Å². The number of nitrogens with one attached hydrogen (secondary N) is 1. The van der Waals surface area contributed by atoms with Gasteiger partial charge in [0.05, 0.1) is 12.5 Å². The van der Waals surface area contributed by atoms with Gasteiger partial charge in [0, 0.05) is 17.5 Å². The molecule has 0 spiro atoms. The van der Waals surface area contributed by atoms with E-state index in [9.17, 15) is 19.2 Å². The minimum atomic E-state index is -0.728. The first-order valence-electron chi connectivity index (χ1n) is 8.87. The molecule has 0 aliphatic carbocycles. The third-order valence-electron chi connectivity index (χ3n) is 4.42. The largest absolute Gasteiger partial charge is 0.457 e. The number of nitrogens with zero attached hydrogens (tertiary/aromatic N) is 1. The standard InChI is InChI=1S/C21H20N2O5/c1-14-6-5-9-16(10-14)20(26)22-23-12-17(11-19(23)25)21(27)28-13-18(24)15-7-3-2-4-8-15/h2-10,17H,11-13H2,1H3,(H,22,26). The van der Waals surface area contributed by atoms with Crippen LogP contribution in [0.25, 0.3) is 0 Å². The van der Waals surface area contributed by atoms with Crippen LogP contribution in [0, 0.1) is 12.8 Å². The molecule has 7 heteroatoms. The lowest BCUT2D eigenvalue weighted by atomic mass is 10.1. The maximum Gasteiger partial charge on any atom is 0.311 e. The van der Waals surface area contributed by atoms with Gasteiger partial charge >= 0.3 is 5.97 Å². The minimum Gasteiger partial charge on any atom is -0.457 e. The smallest absolute Gasteiger partial charge is 0.311 e. The molecular formula is C21H20N2O5. The third-order valence-corrected chi connectivity index (χ3v) is 4.42. The van der Waals surface area contributed by atoms with Crippen molar-refractivity contribution in [2.75, 3.05) is 13.2 Å². The minimum absolute atomic E-state index is 0.00868. The summed E-state index contributed by atoms with van der Waals surface area (Å²) < 4.78 is 5.06. The average molecular weight is 380 g/mol. The van der Waals surface area contributed by atoms with Crippen molar-refractivity contribution in [1.82, 2.24) is 10.4 Å². The number of esters is 1. The molecule has 1 fully saturated rings. The number of benzene rings is 2. The fraction of sp³-hybridized carbons (Fsp3) is 0.238. The molecule has 1 atom stereocenters. The van der Waals surface area contributed by atoms with E-state index in [0.717, 1.165) is 10.6 Å². The molecule has 1 heterocycles. The molecule has 7 nitrogen and oxygen atoms in total. The first-order valence-corrected chi connectivity index (χ1v) is 8.87. The molecule has 1 aliphatic heterocycles. The van der Waals surface area contributed by atoms with Crippen molar-refractivity contribution in [3.63, 3.8) is 0 Å². The molecule has 28 heavy (non-hydrogen) atoms. The number of hydrogen-bond acceptors (Lipinski definition) is 5. The van der Waals surface area contributed by atoms with Crippen LogP contribution in [0.4, 0.5) is 0 Å². The van der Waals surface area contributed by atoms with Crippen molar-refractivity contribution in [2.24, 2.45) is 5.92 Å². The highest BCUT2D eigenvalue weighted by Crippen LogP contribution is 2.18. The van der Waals surface area contributed by atoms with Crippen LogP contribution in [-0.2, 0) is 14.3 Å². The van der Waals surface area contributed by atoms with E-state index in [0.29, 0.717) is 11.1 Å². The van der Waals surface area contributed by atoms with Crippen molar-refractivity contribution >= 4 is 23.6 Å². The Labute approximate surface area is 162 Å². The number of carbonyl (C=O) groups excluding carboxylic acids is 4. The van der Waals surface area contributed by atoms with Crippen LogP contribution in [0.1, 0.15) is 32.7 Å². The molecule has 1 saturated heterocycles. The van der Waals surface area contributed by atoms with Crippen LogP contribution in [-0.4, -0.2) is 41.7 Å². The fourth-order valence-electron chi connectivity index (χ4n) is 2.91. The van der Waals surface area contributed by atoms with E-state index in [4.69, 9.17) is 4.74 Å². The average Bonchev–Trinajstić information content (AvgIpc) is 3.07. The van der Waals surface area contributed by atoms with E-state index in [1.54, 1.807) is 48.5 Å². The number of aryl methyl sites for hydroxylation is 1. The number of hydrazine groups is 1. The van der Waals surface area contributed by atoms with E-state index in [1.807, 2.05) is 13.0 Å². The van der Waals surface area contributed by atoms with Gasteiger partial charge < -0.3 is 4.74 Å². The maximum absolute atomic E-state index is 12.3. The van der Waals surface area contributed by atoms with Gasteiger partial charge in [-0.05, 0) is 19.1 Å². The lowest BCUT2D eigenvalue weighted by Crippen LogP contribution is -2.43. The number of ether oxygens (including phenoxy) is 1. The number of carbonyl (C=O) groups is 4. The van der Waals surface area contributed by atoms with Gasteiger partial charge in [-0.25, -0.2) is 0 Å². The topological polar surface area (TPSA) is 92.8 Å². The summed E-state index contributed by atoms with van der Waals surface area (Å²) in [6, 6.07) is 15.5. The maximum atomic E-state index is 12.3. The van der Waals surface area contributed by atoms with Gasteiger partial charge in [0.25, 0.3) is 5.91 Å². The zero-order chi connectivity index (χ0) is 20.1. The summed E-state index contributed by atoms with van der Waals surface area (Å²) in [6.45, 7) is 1.48. The fourth-order valence-corrected chi connectivity index (χ4v) is 2.91. The summed E-state index contributed by atoms with van der Waals surface area (Å²) in [6.07, 6.45) is -0.0769. The van der Waals surface area contributed by atoms with Crippen LogP contribution >= 0.6 is 0 Å². The highest BCUT2D eigenvalue weighted by Gasteiger charge is 2.36. The number of rotatable bonds is 6. The Hall–Kier alpha value is -3.48. The van der Waals surface area contributed by atoms with E-state index in [2.05, 4.69) is 5.43 Å². The molecule has 2 amide bonds. The zero-order valence-corrected chi connectivity index (χ0v) is 15.4. The molecule has 0 aromatic heterocycles. The molecule has 144 valence electrons. The quantitative estimate of drug-likeness (QED) is 0.610. The Morgan fingerprint density at radius 3 is 2.50 bits per heavy atom. The first-order chi connectivity index (χ1) is 13.4. The number of amides is 2. The van der Waals surface area contributed by atoms with Crippen molar-refractivity contribution < 1.29 is 23.9 Å². The van der Waals surface area contributed by atoms with Crippen LogP contribution in [0.15, 0.2) is 54.6 Å². The Balaban J connectivity index is 1.52. The van der Waals surface area contributed by atoms with Crippen LogP contribution in [0.2, 0.25) is 0 Å². The summed E-state index contributed by atoms with van der Waals surface area (Å²) in [5, 5.41) is 1.12. The normalized spacial score (nSPS) is 16.0. The Morgan fingerprint density at radius 2 is 1.79 bits per heavy atom. The monoisotopic (exact) mass is 380 g/mol. The summed E-state index contributed by atoms with van der Waals surface area (Å²) in [7, 11) is 0. The predicted octanol–water partition coefficient (Wildman–Crippen LogP) is 1.91. The Bertz CT molecular complexity index is 910. The molecule has 0 radical (unpaired) electrons. The Morgan fingerprint density at radius 1 is 1.07 bits per heavy atom. The van der Waals surface area contributed by atoms with Gasteiger partial charge in [-0.2, -0.15) is 0 Å². The summed E-state index contributed by atoms with van der Waals surface area (Å²) in [4.78, 5) is 48.6. The number of hydrogen-bond donors (Lipinski definition) is 1. The van der Waals surface area contributed by atoms with Crippen molar-refractivity contribution in [3.8, 4) is 0 Å². The molecule has 1 N–H and O–H groups in total. The third kappa shape index (κ3) is 4.62. The van der Waals surface area contributed by atoms with Crippen LogP contribution in [0.5, 0.6) is 0 Å². The second-order valence-electron chi connectivity index (χ2n) is 6.61. The molecule has 0 bridgehead atoms. The van der Waals surface area contributed by atoms with Crippen LogP contribution in [0.3, 0.4) is 0 Å². The van der Waals surface area contributed by atoms with Crippen LogP contribution < -0.4 is 5.43 Å². The van der Waals surface area contributed by atoms with E-state index in [1.165, 1.54) is 0 Å². The zero-order valence-electron chi connectivity index (χ0n) is 15.4. The van der Waals surface area contributed by atoms with Crippen molar-refractivity contribution in [1.29, 1.82) is 0 Å². The van der Waals surface area contributed by atoms with Gasteiger partial charge in [-0.15, -0.1) is 0 Å². The lowest BCUT2D eigenvalue weighted by molar-refractivity contribution is -0.147. The molecule has 1 aliphatic rings. The predicted molar refractivity (Wildman–Crippen MR) is 100 cm³/mol. The number of ketones is 1. The summed E-state index contributed by atoms with van der Waals surface area (Å²) in [5.74, 6) is -2.48. The molecule has 2 aromatic rings. The lowest BCUT2D eigenvalue weighted by Gasteiger charge is -2.17. The van der Waals surface area contributed by atoms with E-state index >= 15 is 0 Å². The highest BCUT2D eigenvalue weighted by molar-refractivity contribution is 5.99.